The van der Waals surface area contributed by atoms with E-state index >= 15 is 0 Å². The van der Waals surface area contributed by atoms with E-state index in [2.05, 4.69) is 13.8 Å². The molecule has 0 aliphatic rings. The number of hydrogen-bond donors (Lipinski definition) is 0. The molecule has 22 nitrogen and oxygen atoms in total. The van der Waals surface area contributed by atoms with Crippen molar-refractivity contribution in [3.63, 3.8) is 0 Å². The summed E-state index contributed by atoms with van der Waals surface area (Å²) in [5.74, 6) is -6.66. The van der Waals surface area contributed by atoms with Crippen LogP contribution in [0.2, 0.25) is 0 Å². The first-order chi connectivity index (χ1) is 72.8. The van der Waals surface area contributed by atoms with Crippen molar-refractivity contribution < 1.29 is 105 Å². The van der Waals surface area contributed by atoms with Crippen LogP contribution in [0.1, 0.15) is 316 Å². The van der Waals surface area contributed by atoms with Gasteiger partial charge in [-0.2, -0.15) is 0 Å². The molecule has 22 heteroatoms. The number of benzene rings is 8. The number of rotatable bonds is 76. The Balaban J connectivity index is 0.931. The van der Waals surface area contributed by atoms with Crippen molar-refractivity contribution in [3.05, 3.63) is 330 Å². The molecule has 8 aromatic rings. The fourth-order valence-electron chi connectivity index (χ4n) is 17.0. The summed E-state index contributed by atoms with van der Waals surface area (Å²) in [6, 6.07) is 74.8. The third kappa shape index (κ3) is 55.6. The molecule has 796 valence electrons. The lowest BCUT2D eigenvalue weighted by atomic mass is 9.95. The smallest absolute Gasteiger partial charge is 0.331 e. The highest BCUT2D eigenvalue weighted by Crippen LogP contribution is 2.30. The largest absolute Gasteiger partial charge is 0.462 e. The van der Waals surface area contributed by atoms with Crippen molar-refractivity contribution in [2.75, 3.05) is 13.2 Å². The zero-order valence-corrected chi connectivity index (χ0v) is 87.6. The first-order valence-corrected chi connectivity index (χ1v) is 54.2. The molecule has 0 fully saturated rings. The van der Waals surface area contributed by atoms with E-state index in [1.165, 1.54) is 42.5 Å². The van der Waals surface area contributed by atoms with E-state index in [1.54, 1.807) is 42.5 Å². The molecule has 8 aromatic carbocycles. The van der Waals surface area contributed by atoms with Crippen LogP contribution < -0.4 is 0 Å². The Morgan fingerprint density at radius 1 is 0.201 bits per heavy atom. The maximum Gasteiger partial charge on any atom is 0.331 e. The van der Waals surface area contributed by atoms with Crippen LogP contribution in [-0.2, 0) is 111 Å². The molecule has 149 heavy (non-hydrogen) atoms. The van der Waals surface area contributed by atoms with Crippen LogP contribution in [0.5, 0.6) is 0 Å². The van der Waals surface area contributed by atoms with Gasteiger partial charge in [0.25, 0.3) is 0 Å². The Bertz CT molecular complexity index is 5330. The van der Waals surface area contributed by atoms with E-state index in [1.807, 2.05) is 250 Å². The van der Waals surface area contributed by atoms with Gasteiger partial charge in [0.2, 0.25) is 0 Å². The number of carbonyl (C=O) groups excluding carboxylic acids is 11. The van der Waals surface area contributed by atoms with Gasteiger partial charge >= 0.3 is 65.7 Å². The maximum atomic E-state index is 14.3. The summed E-state index contributed by atoms with van der Waals surface area (Å²) in [7, 11) is 0. The highest BCUT2D eigenvalue weighted by Gasteiger charge is 2.38. The van der Waals surface area contributed by atoms with Gasteiger partial charge in [-0.1, -0.05) is 385 Å². The number of esters is 11. The molecule has 9 unspecified atom stereocenters. The molecule has 0 radical (unpaired) electrons. The van der Waals surface area contributed by atoms with Gasteiger partial charge in [0.1, 0.15) is 62.0 Å². The zero-order valence-electron chi connectivity index (χ0n) is 87.6. The SMILES string of the molecule is CCCCCCCCC(OC(=O)C=Cc1ccccc1)C(CCCCCCCC(=O)OCC(COC(=O)CCCCCCCC(OC(=O)C=Cc1ccccc1)C(CC(OC(=O)C=Cc1ccccc1)C(CCCCC)OC(=O)C=Cc1ccccc1)OC(=O)C=Cc1ccccc1)OC(=O)CCCCCCCC(OC(=O)C=Cc1ccccc1)C(CCCCCC)OC(=O)CCc1ccccc1)OC(=O)C=Cc1ccccc1. The topological polar surface area (TPSA) is 289 Å². The number of aryl methyl sites for hydroxylation is 1. The predicted octanol–water partition coefficient (Wildman–Crippen LogP) is 27.8. The van der Waals surface area contributed by atoms with Crippen molar-refractivity contribution in [1.82, 2.24) is 0 Å². The minimum absolute atomic E-state index is 0.0109. The van der Waals surface area contributed by atoms with Crippen LogP contribution in [0.15, 0.2) is 285 Å². The summed E-state index contributed by atoms with van der Waals surface area (Å²) in [6.45, 7) is 5.55. The highest BCUT2D eigenvalue weighted by atomic mass is 16.6. The van der Waals surface area contributed by atoms with Gasteiger partial charge in [-0.25, -0.2) is 33.6 Å². The van der Waals surface area contributed by atoms with Gasteiger partial charge in [-0.3, -0.25) is 19.2 Å². The minimum atomic E-state index is -1.29. The molecule has 0 aliphatic heterocycles. The van der Waals surface area contributed by atoms with Crippen molar-refractivity contribution in [3.8, 4) is 0 Å². The molecule has 9 atom stereocenters. The standard InChI is InChI=1S/C127H156O22/c1-4-7-10-12-16-49-74-111(144-122(133)91-83-102-60-36-25-37-61-102)112(145-123(134)92-84-103-62-38-26-39-63-103)76-50-17-13-20-53-78-117(128)139-98-108(141-119(130)80-55-22-15-18-51-75-110(143-121(132)90-82-101-58-34-24-35-59-101)109(73-48-11-8-5-2)142-120(131)89-81-100-56-32-23-33-57-100)99-140-118(129)79-54-21-14-19-52-77-114(147-125(136)94-86-105-66-42-28-43-67-105)116(149-127(138)96-88-107-70-46-30-47-71-107)97-115(148-126(137)95-87-106-68-44-29-45-69-106)113(72-31-9-6-3)146-124(135)93-85-104-64-40-27-41-65-104/h23-30,32-47,56-71,82-88,90-96,108-116H,4-22,31,48-55,72-81,89,97-99H2,1-3H3. The Kier molecular flexibility index (Phi) is 61.2. The first kappa shape index (κ1) is 120. The summed E-state index contributed by atoms with van der Waals surface area (Å²) in [6.07, 6.45) is 35.7. The second kappa shape index (κ2) is 75.8. The van der Waals surface area contributed by atoms with Crippen LogP contribution in [0.3, 0.4) is 0 Å². The van der Waals surface area contributed by atoms with Gasteiger partial charge < -0.3 is 52.1 Å². The minimum Gasteiger partial charge on any atom is -0.462 e. The lowest BCUT2D eigenvalue weighted by Gasteiger charge is -2.32. The summed E-state index contributed by atoms with van der Waals surface area (Å²) < 4.78 is 67.7. The molecule has 0 saturated carbocycles. The summed E-state index contributed by atoms with van der Waals surface area (Å²) in [4.78, 5) is 153. The van der Waals surface area contributed by atoms with Crippen LogP contribution in [-0.4, -0.2) is 134 Å². The molecular weight excluding hydrogens is 1880 g/mol. The summed E-state index contributed by atoms with van der Waals surface area (Å²) >= 11 is 0. The van der Waals surface area contributed by atoms with Crippen molar-refractivity contribution in [1.29, 1.82) is 0 Å². The van der Waals surface area contributed by atoms with E-state index in [0.29, 0.717) is 128 Å². The van der Waals surface area contributed by atoms with E-state index < -0.39 is 121 Å². The second-order valence-corrected chi connectivity index (χ2v) is 37.6. The number of ether oxygens (including phenoxy) is 11. The molecule has 0 bridgehead atoms. The van der Waals surface area contributed by atoms with E-state index in [0.717, 1.165) is 129 Å². The van der Waals surface area contributed by atoms with Crippen molar-refractivity contribution in [2.45, 2.75) is 333 Å². The van der Waals surface area contributed by atoms with Crippen LogP contribution in [0.4, 0.5) is 0 Å². The van der Waals surface area contributed by atoms with Gasteiger partial charge in [-0.15, -0.1) is 0 Å². The number of hydrogen-bond acceptors (Lipinski definition) is 22. The molecule has 8 rings (SSSR count). The normalized spacial score (nSPS) is 13.4. The summed E-state index contributed by atoms with van der Waals surface area (Å²) in [5.41, 5.74) is 6.42. The van der Waals surface area contributed by atoms with E-state index in [9.17, 15) is 52.7 Å². The molecule has 0 spiro atoms. The number of unbranched alkanes of at least 4 members (excludes halogenated alkanes) is 22. The maximum absolute atomic E-state index is 14.3. The third-order valence-corrected chi connectivity index (χ3v) is 25.3. The van der Waals surface area contributed by atoms with Crippen LogP contribution in [0, 0.1) is 0 Å². The van der Waals surface area contributed by atoms with Gasteiger partial charge in [0.15, 0.2) is 6.10 Å². The fraction of sp³-hybridized carbons (Fsp3) is 0.425. The average molecular weight is 2030 g/mol. The van der Waals surface area contributed by atoms with Crippen LogP contribution in [0.25, 0.3) is 42.5 Å². The Morgan fingerprint density at radius 3 is 0.664 bits per heavy atom. The highest BCUT2D eigenvalue weighted by molar-refractivity contribution is 5.91. The fourth-order valence-corrected chi connectivity index (χ4v) is 17.0. The average Bonchev–Trinajstić information content (AvgIpc) is 0.843. The van der Waals surface area contributed by atoms with Crippen molar-refractivity contribution >= 4 is 108 Å². The Morgan fingerprint density at radius 2 is 0.396 bits per heavy atom. The lowest BCUT2D eigenvalue weighted by Crippen LogP contribution is -2.43. The Labute approximate surface area is 883 Å². The molecule has 0 amide bonds. The van der Waals surface area contributed by atoms with Crippen LogP contribution >= 0.6 is 0 Å². The van der Waals surface area contributed by atoms with E-state index in [-0.39, 0.29) is 57.5 Å². The van der Waals surface area contributed by atoms with Gasteiger partial charge in [0.05, 0.1) is 0 Å². The third-order valence-electron chi connectivity index (χ3n) is 25.3. The molecule has 0 N–H and O–H groups in total. The first-order valence-electron chi connectivity index (χ1n) is 54.2. The molecule has 0 aliphatic carbocycles. The number of carbonyl (C=O) groups is 11. The monoisotopic (exact) mass is 2030 g/mol. The summed E-state index contributed by atoms with van der Waals surface area (Å²) in [5, 5.41) is 0. The van der Waals surface area contributed by atoms with Gasteiger partial charge in [0, 0.05) is 74.6 Å². The quantitative estimate of drug-likeness (QED) is 0.0148. The zero-order chi connectivity index (χ0) is 106. The lowest BCUT2D eigenvalue weighted by molar-refractivity contribution is -0.175. The predicted molar refractivity (Wildman–Crippen MR) is 586 cm³/mol. The molecule has 0 heterocycles. The molecule has 0 aromatic heterocycles. The molecular formula is C127H156O22. The van der Waals surface area contributed by atoms with Gasteiger partial charge in [-0.05, 0) is 190 Å². The molecule has 0 saturated heterocycles. The second-order valence-electron chi connectivity index (χ2n) is 37.6. The van der Waals surface area contributed by atoms with E-state index in [4.69, 9.17) is 52.1 Å². The van der Waals surface area contributed by atoms with Crippen molar-refractivity contribution in [2.24, 2.45) is 0 Å². The Hall–Kier alpha value is -13.9.